The van der Waals surface area contributed by atoms with Crippen LogP contribution in [0.1, 0.15) is 11.1 Å². The van der Waals surface area contributed by atoms with Crippen molar-refractivity contribution in [2.45, 2.75) is 10.6 Å². The normalized spacial score (nSPS) is 11.4. The first-order valence-corrected chi connectivity index (χ1v) is 10.1. The van der Waals surface area contributed by atoms with E-state index in [-0.39, 0.29) is 5.75 Å². The Kier molecular flexibility index (Phi) is 7.04. The number of thiol groups is 1. The zero-order valence-electron chi connectivity index (χ0n) is 15.6. The number of sulfone groups is 1. The van der Waals surface area contributed by atoms with Gasteiger partial charge >= 0.3 is 0 Å². The van der Waals surface area contributed by atoms with E-state index >= 15 is 0 Å². The standard InChI is InChI=1S/C19H22O6S2/c1-22-14-10-17(24-3)15(18(11-14)25-4)7-8-27(20,21)12-13-5-6-16(23-2)19(26)9-13/h5-11,26H,12H2,1-4H3. The Morgan fingerprint density at radius 1 is 0.889 bits per heavy atom. The molecule has 0 N–H and O–H groups in total. The van der Waals surface area contributed by atoms with E-state index in [2.05, 4.69) is 12.6 Å². The molecular weight excluding hydrogens is 388 g/mol. The monoisotopic (exact) mass is 410 g/mol. The highest BCUT2D eigenvalue weighted by molar-refractivity contribution is 7.93. The molecule has 6 nitrogen and oxygen atoms in total. The Bertz CT molecular complexity index is 910. The van der Waals surface area contributed by atoms with E-state index in [1.165, 1.54) is 34.5 Å². The Balaban J connectivity index is 2.32. The zero-order chi connectivity index (χ0) is 20.0. The summed E-state index contributed by atoms with van der Waals surface area (Å²) in [6, 6.07) is 8.36. The summed E-state index contributed by atoms with van der Waals surface area (Å²) in [5.41, 5.74) is 1.12. The van der Waals surface area contributed by atoms with Crippen LogP contribution in [0.2, 0.25) is 0 Å². The van der Waals surface area contributed by atoms with Crippen molar-refractivity contribution in [2.75, 3.05) is 28.4 Å². The van der Waals surface area contributed by atoms with Crippen LogP contribution in [0.4, 0.5) is 0 Å². The molecule has 0 amide bonds. The molecule has 27 heavy (non-hydrogen) atoms. The molecule has 0 spiro atoms. The first-order chi connectivity index (χ1) is 12.8. The van der Waals surface area contributed by atoms with Crippen LogP contribution in [0.25, 0.3) is 6.08 Å². The molecule has 0 atom stereocenters. The fourth-order valence-corrected chi connectivity index (χ4v) is 3.89. The van der Waals surface area contributed by atoms with Crippen molar-refractivity contribution in [3.63, 3.8) is 0 Å². The molecule has 0 fully saturated rings. The Morgan fingerprint density at radius 3 is 1.96 bits per heavy atom. The fourth-order valence-electron chi connectivity index (χ4n) is 2.47. The quantitative estimate of drug-likeness (QED) is 0.671. The topological polar surface area (TPSA) is 71.1 Å². The second-order valence-corrected chi connectivity index (χ2v) is 7.93. The van der Waals surface area contributed by atoms with Crippen LogP contribution in [0.3, 0.4) is 0 Å². The van der Waals surface area contributed by atoms with Gasteiger partial charge in [-0.15, -0.1) is 12.6 Å². The lowest BCUT2D eigenvalue weighted by Crippen LogP contribution is -2.01. The van der Waals surface area contributed by atoms with Crippen molar-refractivity contribution >= 4 is 28.5 Å². The lowest BCUT2D eigenvalue weighted by molar-refractivity contribution is 0.374. The number of benzene rings is 2. The molecule has 2 rings (SSSR count). The largest absolute Gasteiger partial charge is 0.496 e. The third-order valence-electron chi connectivity index (χ3n) is 3.81. The maximum Gasteiger partial charge on any atom is 0.175 e. The summed E-state index contributed by atoms with van der Waals surface area (Å²) < 4.78 is 46.0. The smallest absolute Gasteiger partial charge is 0.175 e. The van der Waals surface area contributed by atoms with E-state index < -0.39 is 9.84 Å². The van der Waals surface area contributed by atoms with Crippen LogP contribution >= 0.6 is 12.6 Å². The molecule has 146 valence electrons. The van der Waals surface area contributed by atoms with Crippen LogP contribution in [-0.2, 0) is 15.6 Å². The van der Waals surface area contributed by atoms with E-state index in [4.69, 9.17) is 18.9 Å². The van der Waals surface area contributed by atoms with Crippen molar-refractivity contribution < 1.29 is 27.4 Å². The predicted molar refractivity (Wildman–Crippen MR) is 108 cm³/mol. The SMILES string of the molecule is COc1cc(OC)c(C=CS(=O)(=O)Cc2ccc(OC)c(S)c2)c(OC)c1. The highest BCUT2D eigenvalue weighted by Gasteiger charge is 2.14. The van der Waals surface area contributed by atoms with Crippen LogP contribution in [-0.4, -0.2) is 36.9 Å². The van der Waals surface area contributed by atoms with E-state index in [0.29, 0.717) is 39.0 Å². The summed E-state index contributed by atoms with van der Waals surface area (Å²) in [7, 11) is 2.51. The first-order valence-electron chi connectivity index (χ1n) is 7.90. The van der Waals surface area contributed by atoms with Gasteiger partial charge in [0.1, 0.15) is 23.0 Å². The maximum atomic E-state index is 12.5. The maximum absolute atomic E-state index is 12.5. The van der Waals surface area contributed by atoms with Gasteiger partial charge in [-0.25, -0.2) is 8.42 Å². The first kappa shape index (κ1) is 21.0. The highest BCUT2D eigenvalue weighted by Crippen LogP contribution is 2.35. The van der Waals surface area contributed by atoms with Gasteiger partial charge in [-0.1, -0.05) is 6.07 Å². The second-order valence-electron chi connectivity index (χ2n) is 5.56. The van der Waals surface area contributed by atoms with Crippen molar-refractivity contribution in [1.82, 2.24) is 0 Å². The minimum absolute atomic E-state index is 0.165. The van der Waals surface area contributed by atoms with Crippen LogP contribution in [0.15, 0.2) is 40.6 Å². The molecular formula is C19H22O6S2. The molecule has 0 saturated heterocycles. The average Bonchev–Trinajstić information content (AvgIpc) is 2.65. The van der Waals surface area contributed by atoms with Gasteiger partial charge in [0.05, 0.1) is 39.8 Å². The minimum atomic E-state index is -3.53. The zero-order valence-corrected chi connectivity index (χ0v) is 17.3. The molecule has 0 aliphatic heterocycles. The predicted octanol–water partition coefficient (Wildman–Crippen LogP) is 3.60. The summed E-state index contributed by atoms with van der Waals surface area (Å²) in [4.78, 5) is 0.577. The van der Waals surface area contributed by atoms with Crippen molar-refractivity contribution in [3.8, 4) is 23.0 Å². The van der Waals surface area contributed by atoms with E-state index in [0.717, 1.165) is 5.41 Å². The molecule has 0 saturated carbocycles. The molecule has 0 bridgehead atoms. The van der Waals surface area contributed by atoms with Gasteiger partial charge in [-0.2, -0.15) is 0 Å². The third kappa shape index (κ3) is 5.33. The summed E-state index contributed by atoms with van der Waals surface area (Å²) in [6.07, 6.45) is 1.46. The van der Waals surface area contributed by atoms with E-state index in [1.807, 2.05) is 0 Å². The molecule has 0 aliphatic rings. The molecule has 0 aromatic heterocycles. The van der Waals surface area contributed by atoms with Gasteiger partial charge in [-0.3, -0.25) is 0 Å². The van der Waals surface area contributed by atoms with Gasteiger partial charge in [0, 0.05) is 22.4 Å². The van der Waals surface area contributed by atoms with Gasteiger partial charge < -0.3 is 18.9 Å². The Morgan fingerprint density at radius 2 is 1.48 bits per heavy atom. The fraction of sp³-hybridized carbons (Fsp3) is 0.263. The van der Waals surface area contributed by atoms with E-state index in [9.17, 15) is 8.42 Å². The Labute approximate surface area is 165 Å². The summed E-state index contributed by atoms with van der Waals surface area (Å²) >= 11 is 4.29. The second kappa shape index (κ2) is 9.05. The summed E-state index contributed by atoms with van der Waals surface area (Å²) in [5, 5.41) is 1.14. The van der Waals surface area contributed by atoms with Crippen molar-refractivity contribution in [1.29, 1.82) is 0 Å². The van der Waals surface area contributed by atoms with Crippen molar-refractivity contribution in [3.05, 3.63) is 46.9 Å². The lowest BCUT2D eigenvalue weighted by Gasteiger charge is -2.12. The van der Waals surface area contributed by atoms with Gasteiger partial charge in [0.25, 0.3) is 0 Å². The molecule has 0 aliphatic carbocycles. The minimum Gasteiger partial charge on any atom is -0.496 e. The average molecular weight is 411 g/mol. The summed E-state index contributed by atoms with van der Waals surface area (Å²) in [6.45, 7) is 0. The third-order valence-corrected chi connectivity index (χ3v) is 5.44. The summed E-state index contributed by atoms with van der Waals surface area (Å²) in [5.74, 6) is 1.85. The lowest BCUT2D eigenvalue weighted by atomic mass is 10.1. The number of rotatable bonds is 8. The van der Waals surface area contributed by atoms with Crippen LogP contribution in [0.5, 0.6) is 23.0 Å². The van der Waals surface area contributed by atoms with Crippen LogP contribution < -0.4 is 18.9 Å². The molecule has 8 heteroatoms. The highest BCUT2D eigenvalue weighted by atomic mass is 32.2. The van der Waals surface area contributed by atoms with Crippen LogP contribution in [0, 0.1) is 0 Å². The molecule has 0 heterocycles. The molecule has 0 radical (unpaired) electrons. The Hall–Kier alpha value is -2.32. The molecule has 0 unspecified atom stereocenters. The molecule has 2 aromatic carbocycles. The number of ether oxygens (including phenoxy) is 4. The van der Waals surface area contributed by atoms with Crippen molar-refractivity contribution in [2.24, 2.45) is 0 Å². The number of hydrogen-bond donors (Lipinski definition) is 1. The number of hydrogen-bond acceptors (Lipinski definition) is 7. The van der Waals surface area contributed by atoms with E-state index in [1.54, 1.807) is 30.3 Å². The van der Waals surface area contributed by atoms with Gasteiger partial charge in [0.2, 0.25) is 0 Å². The molecule has 2 aromatic rings. The van der Waals surface area contributed by atoms with Gasteiger partial charge in [0.15, 0.2) is 9.84 Å². The number of methoxy groups -OCH3 is 4. The van der Waals surface area contributed by atoms with Gasteiger partial charge in [-0.05, 0) is 23.8 Å².